The van der Waals surface area contributed by atoms with Gasteiger partial charge in [0.1, 0.15) is 5.82 Å². The number of nitrogens with zero attached hydrogens (tertiary/aromatic N) is 2. The Morgan fingerprint density at radius 1 is 1.08 bits per heavy atom. The van der Waals surface area contributed by atoms with Crippen molar-refractivity contribution >= 4 is 11.6 Å². The molecule has 0 bridgehead atoms. The van der Waals surface area contributed by atoms with Crippen molar-refractivity contribution in [2.45, 2.75) is 19.6 Å². The van der Waals surface area contributed by atoms with Crippen LogP contribution in [0, 0.1) is 6.92 Å². The molecule has 3 rings (SSSR count). The molecule has 7 heteroatoms. The van der Waals surface area contributed by atoms with E-state index in [-0.39, 0.29) is 5.91 Å². The molecule has 134 valence electrons. The lowest BCUT2D eigenvalue weighted by Crippen LogP contribution is -2.12. The largest absolute Gasteiger partial charge is 0.416 e. The third-order valence-electron chi connectivity index (χ3n) is 3.96. The zero-order valence-electron chi connectivity index (χ0n) is 13.9. The first-order chi connectivity index (χ1) is 12.3. The van der Waals surface area contributed by atoms with Crippen LogP contribution in [-0.2, 0) is 12.7 Å². The molecule has 1 heterocycles. The van der Waals surface area contributed by atoms with Gasteiger partial charge in [-0.2, -0.15) is 13.2 Å². The van der Waals surface area contributed by atoms with E-state index in [0.717, 1.165) is 23.5 Å². The molecule has 0 saturated carbocycles. The molecule has 0 aliphatic heterocycles. The molecule has 1 N–H and O–H groups in total. The number of hydrogen-bond donors (Lipinski definition) is 1. The van der Waals surface area contributed by atoms with Crippen molar-refractivity contribution in [1.82, 2.24) is 9.55 Å². The Bertz CT molecular complexity index is 897. The summed E-state index contributed by atoms with van der Waals surface area (Å²) in [6, 6.07) is 11.4. The van der Waals surface area contributed by atoms with Crippen LogP contribution in [0.1, 0.15) is 27.3 Å². The lowest BCUT2D eigenvalue weighted by atomic mass is 10.1. The number of rotatable bonds is 4. The first-order valence-corrected chi connectivity index (χ1v) is 7.88. The molecule has 0 aliphatic rings. The molecule has 26 heavy (non-hydrogen) atoms. The van der Waals surface area contributed by atoms with Gasteiger partial charge >= 0.3 is 6.18 Å². The van der Waals surface area contributed by atoms with E-state index in [1.54, 1.807) is 18.3 Å². The molecule has 0 radical (unpaired) electrons. The predicted octanol–water partition coefficient (Wildman–Crippen LogP) is 4.51. The standard InChI is InChI=1S/C19H16F3N3O/c1-13-23-10-11-25(13)12-14-2-4-15(5-3-14)18(26)24-17-8-6-16(7-9-17)19(20,21)22/h2-11H,12H2,1H3,(H,24,26). The second-order valence-corrected chi connectivity index (χ2v) is 5.83. The number of amides is 1. The van der Waals surface area contributed by atoms with E-state index in [4.69, 9.17) is 0 Å². The van der Waals surface area contributed by atoms with Crippen molar-refractivity contribution in [3.8, 4) is 0 Å². The van der Waals surface area contributed by atoms with Gasteiger partial charge in [-0.1, -0.05) is 12.1 Å². The van der Waals surface area contributed by atoms with Gasteiger partial charge in [0.25, 0.3) is 5.91 Å². The Kier molecular flexibility index (Phi) is 4.79. The molecule has 2 aromatic carbocycles. The summed E-state index contributed by atoms with van der Waals surface area (Å²) in [4.78, 5) is 16.4. The second kappa shape index (κ2) is 7.03. The third kappa shape index (κ3) is 4.11. The van der Waals surface area contributed by atoms with Gasteiger partial charge in [0, 0.05) is 30.2 Å². The highest BCUT2D eigenvalue weighted by Gasteiger charge is 2.29. The SMILES string of the molecule is Cc1nccn1Cc1ccc(C(=O)Nc2ccc(C(F)(F)F)cc2)cc1. The third-order valence-corrected chi connectivity index (χ3v) is 3.96. The van der Waals surface area contributed by atoms with Crippen molar-refractivity contribution in [2.75, 3.05) is 5.32 Å². The molecule has 0 unspecified atom stereocenters. The van der Waals surface area contributed by atoms with Crippen LogP contribution < -0.4 is 5.32 Å². The van der Waals surface area contributed by atoms with Crippen molar-refractivity contribution in [3.63, 3.8) is 0 Å². The molecule has 0 atom stereocenters. The summed E-state index contributed by atoms with van der Waals surface area (Å²) in [6.45, 7) is 2.55. The Morgan fingerprint density at radius 3 is 2.27 bits per heavy atom. The Hall–Kier alpha value is -3.09. The van der Waals surface area contributed by atoms with Crippen molar-refractivity contribution in [1.29, 1.82) is 0 Å². The fourth-order valence-corrected chi connectivity index (χ4v) is 2.47. The first kappa shape index (κ1) is 17.7. The first-order valence-electron chi connectivity index (χ1n) is 7.88. The van der Waals surface area contributed by atoms with Crippen LogP contribution in [0.3, 0.4) is 0 Å². The molecule has 0 spiro atoms. The smallest absolute Gasteiger partial charge is 0.331 e. The predicted molar refractivity (Wildman–Crippen MR) is 91.9 cm³/mol. The maximum atomic E-state index is 12.6. The van der Waals surface area contributed by atoms with E-state index in [1.165, 1.54) is 12.1 Å². The summed E-state index contributed by atoms with van der Waals surface area (Å²) in [7, 11) is 0. The summed E-state index contributed by atoms with van der Waals surface area (Å²) in [5, 5.41) is 2.59. The Labute approximate surface area is 148 Å². The highest BCUT2D eigenvalue weighted by atomic mass is 19.4. The van der Waals surface area contributed by atoms with Gasteiger partial charge in [0.2, 0.25) is 0 Å². The molecule has 0 fully saturated rings. The number of benzene rings is 2. The highest BCUT2D eigenvalue weighted by Crippen LogP contribution is 2.29. The molecule has 4 nitrogen and oxygen atoms in total. The van der Waals surface area contributed by atoms with Crippen LogP contribution in [-0.4, -0.2) is 15.5 Å². The van der Waals surface area contributed by atoms with E-state index in [2.05, 4.69) is 10.3 Å². The maximum Gasteiger partial charge on any atom is 0.416 e. The van der Waals surface area contributed by atoms with Gasteiger partial charge in [-0.3, -0.25) is 4.79 Å². The fraction of sp³-hybridized carbons (Fsp3) is 0.158. The number of nitrogens with one attached hydrogen (secondary N) is 1. The van der Waals surface area contributed by atoms with Crippen molar-refractivity contribution < 1.29 is 18.0 Å². The lowest BCUT2D eigenvalue weighted by Gasteiger charge is -2.09. The molecular weight excluding hydrogens is 343 g/mol. The summed E-state index contributed by atoms with van der Waals surface area (Å²) >= 11 is 0. The van der Waals surface area contributed by atoms with E-state index in [9.17, 15) is 18.0 Å². The number of alkyl halides is 3. The van der Waals surface area contributed by atoms with Crippen LogP contribution in [0.15, 0.2) is 60.9 Å². The van der Waals surface area contributed by atoms with E-state index in [0.29, 0.717) is 17.8 Å². The molecular formula is C19H16F3N3O. The molecule has 0 aliphatic carbocycles. The monoisotopic (exact) mass is 359 g/mol. The Balaban J connectivity index is 1.65. The van der Waals surface area contributed by atoms with Gasteiger partial charge in [-0.15, -0.1) is 0 Å². The molecule has 1 amide bonds. The van der Waals surface area contributed by atoms with Crippen molar-refractivity contribution in [2.24, 2.45) is 0 Å². The number of carbonyl (C=O) groups is 1. The summed E-state index contributed by atoms with van der Waals surface area (Å²) in [5.41, 5.74) is 0.990. The van der Waals surface area contributed by atoms with Gasteiger partial charge in [0.15, 0.2) is 0 Å². The number of carbonyl (C=O) groups excluding carboxylic acids is 1. The molecule has 3 aromatic rings. The van der Waals surface area contributed by atoms with Gasteiger partial charge < -0.3 is 9.88 Å². The van der Waals surface area contributed by atoms with Crippen LogP contribution in [0.2, 0.25) is 0 Å². The zero-order valence-corrected chi connectivity index (χ0v) is 13.9. The number of aromatic nitrogens is 2. The van der Waals surface area contributed by atoms with Gasteiger partial charge in [-0.25, -0.2) is 4.98 Å². The number of hydrogen-bond acceptors (Lipinski definition) is 2. The van der Waals surface area contributed by atoms with E-state index >= 15 is 0 Å². The Morgan fingerprint density at radius 2 is 1.73 bits per heavy atom. The van der Waals surface area contributed by atoms with E-state index in [1.807, 2.05) is 29.8 Å². The minimum absolute atomic E-state index is 0.307. The number of imidazole rings is 1. The quantitative estimate of drug-likeness (QED) is 0.745. The van der Waals surface area contributed by atoms with Gasteiger partial charge in [-0.05, 0) is 48.9 Å². The zero-order chi connectivity index (χ0) is 18.7. The van der Waals surface area contributed by atoms with Crippen LogP contribution >= 0.6 is 0 Å². The van der Waals surface area contributed by atoms with Crippen LogP contribution in [0.4, 0.5) is 18.9 Å². The number of anilines is 1. The lowest BCUT2D eigenvalue weighted by molar-refractivity contribution is -0.137. The molecule has 1 aromatic heterocycles. The topological polar surface area (TPSA) is 46.9 Å². The fourth-order valence-electron chi connectivity index (χ4n) is 2.47. The summed E-state index contributed by atoms with van der Waals surface area (Å²) in [6.07, 6.45) is -0.798. The minimum atomic E-state index is -4.40. The average molecular weight is 359 g/mol. The van der Waals surface area contributed by atoms with Gasteiger partial charge in [0.05, 0.1) is 5.56 Å². The second-order valence-electron chi connectivity index (χ2n) is 5.83. The normalized spacial score (nSPS) is 11.4. The maximum absolute atomic E-state index is 12.6. The summed E-state index contributed by atoms with van der Waals surface area (Å²) < 4.78 is 39.6. The van der Waals surface area contributed by atoms with Crippen LogP contribution in [0.5, 0.6) is 0 Å². The van der Waals surface area contributed by atoms with Crippen molar-refractivity contribution in [3.05, 3.63) is 83.4 Å². The average Bonchev–Trinajstić information content (AvgIpc) is 3.00. The number of aryl methyl sites for hydroxylation is 1. The molecule has 0 saturated heterocycles. The van der Waals surface area contributed by atoms with E-state index < -0.39 is 11.7 Å². The number of halogens is 3. The van der Waals surface area contributed by atoms with Crippen LogP contribution in [0.25, 0.3) is 0 Å². The minimum Gasteiger partial charge on any atom is -0.331 e. The highest BCUT2D eigenvalue weighted by molar-refractivity contribution is 6.04. The summed E-state index contributed by atoms with van der Waals surface area (Å²) in [5.74, 6) is 0.518.